The number of aliphatic hydroxyl groups excluding tert-OH is 1. The predicted molar refractivity (Wildman–Crippen MR) is 168 cm³/mol. The van der Waals surface area contributed by atoms with Crippen LogP contribution in [0, 0.1) is 0 Å². The lowest BCUT2D eigenvalue weighted by Gasteiger charge is -2.20. The van der Waals surface area contributed by atoms with Crippen LogP contribution in [0.5, 0.6) is 23.0 Å². The lowest BCUT2D eigenvalue weighted by atomic mass is 9.85. The van der Waals surface area contributed by atoms with Gasteiger partial charge in [-0.05, 0) is 71.1 Å². The quantitative estimate of drug-likeness (QED) is 0.0917. The summed E-state index contributed by atoms with van der Waals surface area (Å²) in [6.07, 6.45) is 2.18. The zero-order valence-corrected chi connectivity index (χ0v) is 24.7. The minimum atomic E-state index is -0.779. The van der Waals surface area contributed by atoms with E-state index in [-0.39, 0.29) is 31.3 Å². The van der Waals surface area contributed by atoms with E-state index in [0.717, 1.165) is 52.7 Å². The van der Waals surface area contributed by atoms with Crippen molar-refractivity contribution >= 4 is 0 Å². The Hall–Kier alpha value is -4.30. The van der Waals surface area contributed by atoms with Gasteiger partial charge < -0.3 is 33.5 Å². The number of epoxide rings is 2. The first-order valence-electron chi connectivity index (χ1n) is 15.1. The Bertz CT molecular complexity index is 1420. The van der Waals surface area contributed by atoms with Crippen LogP contribution in [0.3, 0.4) is 0 Å². The molecule has 2 fully saturated rings. The van der Waals surface area contributed by atoms with Crippen LogP contribution in [-0.2, 0) is 15.9 Å². The van der Waals surface area contributed by atoms with Gasteiger partial charge in [-0.15, -0.1) is 6.58 Å². The minimum absolute atomic E-state index is 0.0136. The van der Waals surface area contributed by atoms with Crippen molar-refractivity contribution in [2.45, 2.75) is 30.7 Å². The van der Waals surface area contributed by atoms with Gasteiger partial charge in [0.25, 0.3) is 0 Å². The molecular formula is C37H38O7. The summed E-state index contributed by atoms with van der Waals surface area (Å²) in [5, 5.41) is 10.5. The van der Waals surface area contributed by atoms with Gasteiger partial charge in [0.05, 0.1) is 13.2 Å². The Morgan fingerprint density at radius 1 is 0.659 bits per heavy atom. The van der Waals surface area contributed by atoms with Gasteiger partial charge >= 0.3 is 0 Å². The van der Waals surface area contributed by atoms with Gasteiger partial charge in [-0.3, -0.25) is 0 Å². The highest BCUT2D eigenvalue weighted by molar-refractivity contribution is 5.47. The van der Waals surface area contributed by atoms with Crippen LogP contribution in [0.1, 0.15) is 28.2 Å². The Morgan fingerprint density at radius 2 is 1.11 bits per heavy atom. The van der Waals surface area contributed by atoms with E-state index in [9.17, 15) is 5.11 Å². The number of benzene rings is 4. The molecule has 7 heteroatoms. The number of para-hydroxylation sites is 1. The Morgan fingerprint density at radius 3 is 1.59 bits per heavy atom. The van der Waals surface area contributed by atoms with E-state index in [0.29, 0.717) is 25.4 Å². The molecule has 3 unspecified atom stereocenters. The lowest BCUT2D eigenvalue weighted by Crippen LogP contribution is -2.25. The molecule has 0 aliphatic carbocycles. The fraction of sp³-hybridized carbons (Fsp3) is 0.297. The summed E-state index contributed by atoms with van der Waals surface area (Å²) >= 11 is 0. The van der Waals surface area contributed by atoms with Gasteiger partial charge in [0.1, 0.15) is 67.7 Å². The van der Waals surface area contributed by atoms with Gasteiger partial charge in [-0.2, -0.15) is 0 Å². The highest BCUT2D eigenvalue weighted by atomic mass is 16.6. The maximum Gasteiger partial charge on any atom is 0.122 e. The van der Waals surface area contributed by atoms with Crippen LogP contribution < -0.4 is 18.9 Å². The molecule has 3 atom stereocenters. The second-order valence-corrected chi connectivity index (χ2v) is 11.0. The lowest BCUT2D eigenvalue weighted by molar-refractivity contribution is 0.0623. The van der Waals surface area contributed by atoms with Crippen LogP contribution in [-0.4, -0.2) is 63.1 Å². The zero-order valence-electron chi connectivity index (χ0n) is 24.7. The largest absolute Gasteiger partial charge is 0.491 e. The Balaban J connectivity index is 1.11. The molecule has 228 valence electrons. The van der Waals surface area contributed by atoms with Gasteiger partial charge in [-0.1, -0.05) is 60.7 Å². The van der Waals surface area contributed by atoms with Crippen LogP contribution >= 0.6 is 0 Å². The predicted octanol–water partition coefficient (Wildman–Crippen LogP) is 5.97. The maximum atomic E-state index is 10.5. The molecular weight excluding hydrogens is 556 g/mol. The summed E-state index contributed by atoms with van der Waals surface area (Å²) in [7, 11) is 0. The SMILES string of the molecule is C=CCc1ccccc1OCC(O)COc1ccc(C(c2ccc(OCC3CO3)cc2)c2ccc(OCC3CO3)cc2)cc1. The van der Waals surface area contributed by atoms with E-state index < -0.39 is 6.10 Å². The van der Waals surface area contributed by atoms with Crippen LogP contribution in [0.4, 0.5) is 0 Å². The molecule has 0 spiro atoms. The zero-order chi connectivity index (χ0) is 30.1. The number of allylic oxidation sites excluding steroid dienone is 1. The summed E-state index contributed by atoms with van der Waals surface area (Å²) < 4.78 is 34.0. The summed E-state index contributed by atoms with van der Waals surface area (Å²) in [5.41, 5.74) is 4.42. The summed E-state index contributed by atoms with van der Waals surface area (Å²) in [6.45, 7) is 6.73. The molecule has 1 N–H and O–H groups in total. The molecule has 44 heavy (non-hydrogen) atoms. The van der Waals surface area contributed by atoms with E-state index in [1.54, 1.807) is 0 Å². The maximum absolute atomic E-state index is 10.5. The molecule has 2 heterocycles. The number of hydrogen-bond acceptors (Lipinski definition) is 7. The van der Waals surface area contributed by atoms with E-state index in [1.807, 2.05) is 66.7 Å². The van der Waals surface area contributed by atoms with Crippen molar-refractivity contribution in [3.05, 3.63) is 132 Å². The van der Waals surface area contributed by atoms with E-state index in [1.165, 1.54) is 0 Å². The van der Waals surface area contributed by atoms with Crippen molar-refractivity contribution in [3.63, 3.8) is 0 Å². The van der Waals surface area contributed by atoms with Crippen molar-refractivity contribution in [2.75, 3.05) is 39.6 Å². The van der Waals surface area contributed by atoms with E-state index in [2.05, 4.69) is 43.0 Å². The highest BCUT2D eigenvalue weighted by Gasteiger charge is 2.24. The molecule has 0 aromatic heterocycles. The number of hydrogen-bond donors (Lipinski definition) is 1. The first-order valence-corrected chi connectivity index (χ1v) is 15.1. The van der Waals surface area contributed by atoms with Crippen molar-refractivity contribution in [2.24, 2.45) is 0 Å². The standard InChI is InChI=1S/C37H38O7/c1-2-5-26-6-3-4-7-36(26)44-21-30(38)20-39-31-14-8-27(9-15-31)37(28-10-16-32(17-11-28)40-22-34-24-42-34)29-12-18-33(19-13-29)41-23-35-25-43-35/h2-4,6-19,30,34-35,37-38H,1,5,20-25H2. The number of rotatable bonds is 17. The van der Waals surface area contributed by atoms with Crippen molar-refractivity contribution in [1.82, 2.24) is 0 Å². The molecule has 0 bridgehead atoms. The van der Waals surface area contributed by atoms with Gasteiger partial charge in [-0.25, -0.2) is 0 Å². The normalized spacial score (nSPS) is 18.1. The second-order valence-electron chi connectivity index (χ2n) is 11.0. The van der Waals surface area contributed by atoms with Crippen molar-refractivity contribution in [3.8, 4) is 23.0 Å². The van der Waals surface area contributed by atoms with Gasteiger partial charge in [0.2, 0.25) is 0 Å². The summed E-state index contributed by atoms with van der Waals surface area (Å²) in [4.78, 5) is 0. The van der Waals surface area contributed by atoms with Crippen molar-refractivity contribution < 1.29 is 33.5 Å². The van der Waals surface area contributed by atoms with Gasteiger partial charge in [0.15, 0.2) is 0 Å². The second kappa shape index (κ2) is 14.4. The van der Waals surface area contributed by atoms with Crippen LogP contribution in [0.2, 0.25) is 0 Å². The fourth-order valence-electron chi connectivity index (χ4n) is 4.95. The smallest absolute Gasteiger partial charge is 0.122 e. The summed E-state index contributed by atoms with van der Waals surface area (Å²) in [5.74, 6) is 3.06. The first kappa shape index (κ1) is 29.8. The van der Waals surface area contributed by atoms with Gasteiger partial charge in [0, 0.05) is 5.92 Å². The average Bonchev–Trinajstić information content (AvgIpc) is 4.00. The topological polar surface area (TPSA) is 82.2 Å². The third kappa shape index (κ3) is 8.41. The van der Waals surface area contributed by atoms with Crippen LogP contribution in [0.25, 0.3) is 0 Å². The molecule has 0 saturated carbocycles. The average molecular weight is 595 g/mol. The summed E-state index contributed by atoms with van der Waals surface area (Å²) in [6, 6.07) is 32.3. The molecule has 6 rings (SSSR count). The third-order valence-electron chi connectivity index (χ3n) is 7.53. The van der Waals surface area contributed by atoms with Crippen LogP contribution in [0.15, 0.2) is 110 Å². The molecule has 2 saturated heterocycles. The Kier molecular flexibility index (Phi) is 9.77. The Labute approximate surface area is 258 Å². The molecule has 2 aliphatic rings. The molecule has 0 radical (unpaired) electrons. The minimum Gasteiger partial charge on any atom is -0.491 e. The molecule has 7 nitrogen and oxygen atoms in total. The molecule has 4 aromatic rings. The first-order chi connectivity index (χ1) is 21.6. The van der Waals surface area contributed by atoms with E-state index in [4.69, 9.17) is 28.4 Å². The fourth-order valence-corrected chi connectivity index (χ4v) is 4.95. The third-order valence-corrected chi connectivity index (χ3v) is 7.53. The molecule has 4 aromatic carbocycles. The van der Waals surface area contributed by atoms with Crippen molar-refractivity contribution in [1.29, 1.82) is 0 Å². The number of ether oxygens (including phenoxy) is 6. The molecule has 2 aliphatic heterocycles. The van der Waals surface area contributed by atoms with E-state index >= 15 is 0 Å². The monoisotopic (exact) mass is 594 g/mol. The molecule has 0 amide bonds. The highest BCUT2D eigenvalue weighted by Crippen LogP contribution is 2.35. The number of aliphatic hydroxyl groups is 1.